The number of aliphatic carboxylic acids is 1. The minimum absolute atomic E-state index is 0.0138. The molecular formula is C13H17NO4S. The van der Waals surface area contributed by atoms with Gasteiger partial charge in [0, 0.05) is 24.5 Å². The first-order chi connectivity index (χ1) is 9.11. The quantitative estimate of drug-likeness (QED) is 0.913. The molecule has 6 heteroatoms. The van der Waals surface area contributed by atoms with Crippen LogP contribution in [0.4, 0.5) is 0 Å². The number of carbonyl (C=O) groups excluding carboxylic acids is 1. The van der Waals surface area contributed by atoms with E-state index in [0.717, 1.165) is 17.9 Å². The van der Waals surface area contributed by atoms with E-state index in [-0.39, 0.29) is 18.4 Å². The molecular weight excluding hydrogens is 266 g/mol. The molecule has 0 saturated carbocycles. The van der Waals surface area contributed by atoms with Crippen LogP contribution in [0.5, 0.6) is 0 Å². The third-order valence-electron chi connectivity index (χ3n) is 3.12. The Bertz CT molecular complexity index is 471. The molecule has 0 aliphatic carbocycles. The number of aryl methyl sites for hydroxylation is 1. The zero-order valence-electron chi connectivity index (χ0n) is 10.8. The van der Waals surface area contributed by atoms with Gasteiger partial charge < -0.3 is 14.4 Å². The smallest absolute Gasteiger partial charge is 0.305 e. The second-order valence-electron chi connectivity index (χ2n) is 4.44. The van der Waals surface area contributed by atoms with Gasteiger partial charge in [-0.25, -0.2) is 0 Å². The highest BCUT2D eigenvalue weighted by Crippen LogP contribution is 2.22. The molecule has 1 unspecified atom stereocenters. The monoisotopic (exact) mass is 283 g/mol. The number of amides is 1. The lowest BCUT2D eigenvalue weighted by Gasteiger charge is -2.33. The fourth-order valence-corrected chi connectivity index (χ4v) is 3.18. The van der Waals surface area contributed by atoms with Crippen molar-refractivity contribution in [3.63, 3.8) is 0 Å². The number of carbonyl (C=O) groups is 2. The summed E-state index contributed by atoms with van der Waals surface area (Å²) in [5.74, 6) is 1.50. The number of carboxylic acids is 1. The predicted molar refractivity (Wildman–Crippen MR) is 72.5 cm³/mol. The highest BCUT2D eigenvalue weighted by Gasteiger charge is 2.30. The number of hydrogen-bond acceptors (Lipinski definition) is 4. The fourth-order valence-electron chi connectivity index (χ4n) is 2.12. The van der Waals surface area contributed by atoms with Gasteiger partial charge in [0.1, 0.15) is 5.76 Å². The van der Waals surface area contributed by atoms with E-state index in [1.54, 1.807) is 28.8 Å². The first-order valence-electron chi connectivity index (χ1n) is 6.31. The van der Waals surface area contributed by atoms with Gasteiger partial charge in [-0.15, -0.1) is 0 Å². The fraction of sp³-hybridized carbons (Fsp3) is 0.538. The van der Waals surface area contributed by atoms with Crippen molar-refractivity contribution in [3.05, 3.63) is 23.7 Å². The first kappa shape index (κ1) is 14.0. The number of rotatable bonds is 4. The topological polar surface area (TPSA) is 70.8 Å². The highest BCUT2D eigenvalue weighted by molar-refractivity contribution is 7.99. The molecule has 1 fully saturated rings. The van der Waals surface area contributed by atoms with Gasteiger partial charge >= 0.3 is 5.97 Å². The SMILES string of the molecule is CCc1ccc(C(=O)N2CCSCC2CC(=O)O)o1. The summed E-state index contributed by atoms with van der Waals surface area (Å²) in [7, 11) is 0. The normalized spacial score (nSPS) is 19.4. The maximum atomic E-state index is 12.4. The van der Waals surface area contributed by atoms with Crippen LogP contribution in [0.25, 0.3) is 0 Å². The molecule has 1 aromatic rings. The average molecular weight is 283 g/mol. The zero-order valence-corrected chi connectivity index (χ0v) is 11.6. The molecule has 1 saturated heterocycles. The Balaban J connectivity index is 2.12. The summed E-state index contributed by atoms with van der Waals surface area (Å²) in [6, 6.07) is 3.21. The number of carboxylic acid groups (broad SMARTS) is 1. The van der Waals surface area contributed by atoms with Gasteiger partial charge in [-0.1, -0.05) is 6.92 Å². The average Bonchev–Trinajstić information content (AvgIpc) is 2.86. The minimum atomic E-state index is -0.876. The molecule has 2 rings (SSSR count). The molecule has 0 bridgehead atoms. The van der Waals surface area contributed by atoms with Crippen LogP contribution in [0.15, 0.2) is 16.5 Å². The molecule has 1 N–H and O–H groups in total. The minimum Gasteiger partial charge on any atom is -0.481 e. The van der Waals surface area contributed by atoms with Gasteiger partial charge in [-0.3, -0.25) is 9.59 Å². The van der Waals surface area contributed by atoms with Crippen LogP contribution in [0.3, 0.4) is 0 Å². The van der Waals surface area contributed by atoms with Crippen molar-refractivity contribution in [2.45, 2.75) is 25.8 Å². The standard InChI is InChI=1S/C13H17NO4S/c1-2-10-3-4-11(18-10)13(17)14-5-6-19-8-9(14)7-12(15)16/h3-4,9H,2,5-8H2,1H3,(H,15,16). The molecule has 5 nitrogen and oxygen atoms in total. The number of furan rings is 1. The third-order valence-corrected chi connectivity index (χ3v) is 4.21. The van der Waals surface area contributed by atoms with E-state index in [1.807, 2.05) is 6.92 Å². The predicted octanol–water partition coefficient (Wildman–Crippen LogP) is 1.87. The zero-order chi connectivity index (χ0) is 13.8. The van der Waals surface area contributed by atoms with Crippen LogP contribution in [0.1, 0.15) is 29.7 Å². The van der Waals surface area contributed by atoms with Crippen LogP contribution in [-0.4, -0.2) is 46.0 Å². The Hall–Kier alpha value is -1.43. The van der Waals surface area contributed by atoms with Crippen molar-refractivity contribution in [2.75, 3.05) is 18.1 Å². The molecule has 19 heavy (non-hydrogen) atoms. The summed E-state index contributed by atoms with van der Waals surface area (Å²) in [6.45, 7) is 2.53. The number of thioether (sulfide) groups is 1. The molecule has 2 heterocycles. The van der Waals surface area contributed by atoms with E-state index in [2.05, 4.69) is 0 Å². The molecule has 0 aromatic carbocycles. The van der Waals surface area contributed by atoms with Gasteiger partial charge in [-0.2, -0.15) is 11.8 Å². The van der Waals surface area contributed by atoms with E-state index in [9.17, 15) is 9.59 Å². The van der Waals surface area contributed by atoms with E-state index in [0.29, 0.717) is 18.1 Å². The number of nitrogens with zero attached hydrogens (tertiary/aromatic N) is 1. The summed E-state index contributed by atoms with van der Waals surface area (Å²) < 4.78 is 5.46. The van der Waals surface area contributed by atoms with E-state index >= 15 is 0 Å². The van der Waals surface area contributed by atoms with E-state index in [1.165, 1.54) is 0 Å². The van der Waals surface area contributed by atoms with Crippen LogP contribution in [0, 0.1) is 0 Å². The van der Waals surface area contributed by atoms with Gasteiger partial charge in [0.05, 0.1) is 12.5 Å². The van der Waals surface area contributed by atoms with Crippen LogP contribution in [-0.2, 0) is 11.2 Å². The second kappa shape index (κ2) is 6.14. The maximum absolute atomic E-state index is 12.4. The summed E-state index contributed by atoms with van der Waals surface area (Å²) in [4.78, 5) is 24.8. The van der Waals surface area contributed by atoms with E-state index in [4.69, 9.17) is 9.52 Å². The molecule has 1 aliphatic heterocycles. The maximum Gasteiger partial charge on any atom is 0.305 e. The van der Waals surface area contributed by atoms with Gasteiger partial charge in [0.25, 0.3) is 5.91 Å². The van der Waals surface area contributed by atoms with Crippen LogP contribution < -0.4 is 0 Å². The largest absolute Gasteiger partial charge is 0.481 e. The van der Waals surface area contributed by atoms with Gasteiger partial charge in [-0.05, 0) is 12.1 Å². The lowest BCUT2D eigenvalue weighted by Crippen LogP contribution is -2.47. The van der Waals surface area contributed by atoms with Crippen molar-refractivity contribution in [1.29, 1.82) is 0 Å². The summed E-state index contributed by atoms with van der Waals surface area (Å²) >= 11 is 1.68. The van der Waals surface area contributed by atoms with Gasteiger partial charge in [0.15, 0.2) is 5.76 Å². The van der Waals surface area contributed by atoms with E-state index < -0.39 is 5.97 Å². The van der Waals surface area contributed by atoms with Crippen LogP contribution in [0.2, 0.25) is 0 Å². The van der Waals surface area contributed by atoms with Crippen molar-refractivity contribution in [1.82, 2.24) is 4.90 Å². The Kier molecular flexibility index (Phi) is 4.52. The highest BCUT2D eigenvalue weighted by atomic mass is 32.2. The van der Waals surface area contributed by atoms with Crippen molar-refractivity contribution >= 4 is 23.6 Å². The summed E-state index contributed by atoms with van der Waals surface area (Å²) in [6.07, 6.45) is 0.724. The third kappa shape index (κ3) is 3.32. The van der Waals surface area contributed by atoms with Crippen molar-refractivity contribution < 1.29 is 19.1 Å². The molecule has 104 valence electrons. The van der Waals surface area contributed by atoms with Gasteiger partial charge in [0.2, 0.25) is 0 Å². The summed E-state index contributed by atoms with van der Waals surface area (Å²) in [5.41, 5.74) is 0. The molecule has 1 aromatic heterocycles. The molecule has 1 amide bonds. The molecule has 1 atom stereocenters. The number of hydrogen-bond donors (Lipinski definition) is 1. The Morgan fingerprint density at radius 1 is 1.53 bits per heavy atom. The second-order valence-corrected chi connectivity index (χ2v) is 5.59. The molecule has 1 aliphatic rings. The Morgan fingerprint density at radius 3 is 2.95 bits per heavy atom. The summed E-state index contributed by atoms with van der Waals surface area (Å²) in [5, 5.41) is 8.91. The van der Waals surface area contributed by atoms with Crippen molar-refractivity contribution in [3.8, 4) is 0 Å². The Labute approximate surface area is 116 Å². The Morgan fingerprint density at radius 2 is 2.32 bits per heavy atom. The lowest BCUT2D eigenvalue weighted by atomic mass is 10.2. The first-order valence-corrected chi connectivity index (χ1v) is 7.46. The van der Waals surface area contributed by atoms with Crippen molar-refractivity contribution in [2.24, 2.45) is 0 Å². The molecule has 0 radical (unpaired) electrons. The van der Waals surface area contributed by atoms with Crippen LogP contribution >= 0.6 is 11.8 Å². The lowest BCUT2D eigenvalue weighted by molar-refractivity contribution is -0.138. The molecule has 0 spiro atoms.